The molecule has 1 amide bonds. The van der Waals surface area contributed by atoms with Gasteiger partial charge in [-0.15, -0.1) is 0 Å². The number of hydrogen-bond acceptors (Lipinski definition) is 6. The quantitative estimate of drug-likeness (QED) is 0.358. The van der Waals surface area contributed by atoms with Crippen molar-refractivity contribution in [3.05, 3.63) is 68.7 Å². The van der Waals surface area contributed by atoms with Crippen LogP contribution in [0.15, 0.2) is 42.5 Å². The molecule has 0 saturated heterocycles. The van der Waals surface area contributed by atoms with Crippen LogP contribution in [-0.4, -0.2) is 35.4 Å². The molecule has 136 valence electrons. The summed E-state index contributed by atoms with van der Waals surface area (Å²) in [6.07, 6.45) is 0. The van der Waals surface area contributed by atoms with Crippen molar-refractivity contribution < 1.29 is 19.2 Å². The second kappa shape index (κ2) is 8.30. The Morgan fingerprint density at radius 2 is 1.88 bits per heavy atom. The molecule has 0 bridgehead atoms. The summed E-state index contributed by atoms with van der Waals surface area (Å²) in [5.74, 6) is -1.34. The number of benzene rings is 2. The number of nitrogen functional groups attached to an aromatic ring is 1. The number of hydrogen-bond donors (Lipinski definition) is 1. The molecule has 26 heavy (non-hydrogen) atoms. The number of carbonyl (C=O) groups excluding carboxylic acids is 2. The van der Waals surface area contributed by atoms with E-state index in [-0.39, 0.29) is 16.9 Å². The Morgan fingerprint density at radius 1 is 1.23 bits per heavy atom. The molecule has 0 atom stereocenters. The first kappa shape index (κ1) is 19.2. The number of nitrogens with zero attached hydrogens (tertiary/aromatic N) is 2. The van der Waals surface area contributed by atoms with Crippen LogP contribution in [-0.2, 0) is 16.1 Å². The van der Waals surface area contributed by atoms with Crippen LogP contribution in [0.1, 0.15) is 15.9 Å². The van der Waals surface area contributed by atoms with Crippen molar-refractivity contribution in [2.24, 2.45) is 0 Å². The third kappa shape index (κ3) is 4.93. The highest BCUT2D eigenvalue weighted by atomic mass is 35.5. The third-order valence-corrected chi connectivity index (χ3v) is 3.81. The van der Waals surface area contributed by atoms with E-state index >= 15 is 0 Å². The second-order valence-electron chi connectivity index (χ2n) is 5.48. The number of nitro groups is 1. The van der Waals surface area contributed by atoms with Crippen molar-refractivity contribution >= 4 is 34.9 Å². The maximum absolute atomic E-state index is 12.1. The van der Waals surface area contributed by atoms with E-state index in [1.165, 1.54) is 17.0 Å². The average molecular weight is 378 g/mol. The molecule has 8 nitrogen and oxygen atoms in total. The van der Waals surface area contributed by atoms with Crippen LogP contribution >= 0.6 is 11.6 Å². The summed E-state index contributed by atoms with van der Waals surface area (Å²) in [6.45, 7) is -0.197. The van der Waals surface area contributed by atoms with Crippen LogP contribution in [0.2, 0.25) is 5.02 Å². The zero-order valence-electron chi connectivity index (χ0n) is 13.8. The molecule has 9 heteroatoms. The zero-order valence-corrected chi connectivity index (χ0v) is 14.6. The van der Waals surface area contributed by atoms with E-state index < -0.39 is 23.4 Å². The first-order chi connectivity index (χ1) is 12.3. The Labute approximate surface area is 154 Å². The Bertz CT molecular complexity index is 839. The van der Waals surface area contributed by atoms with Gasteiger partial charge in [-0.25, -0.2) is 4.79 Å². The Kier molecular flexibility index (Phi) is 6.13. The Hall–Kier alpha value is -3.13. The molecule has 0 aliphatic rings. The van der Waals surface area contributed by atoms with Crippen molar-refractivity contribution in [2.45, 2.75) is 6.54 Å². The minimum atomic E-state index is -0.903. The topological polar surface area (TPSA) is 116 Å². The summed E-state index contributed by atoms with van der Waals surface area (Å²) in [5, 5.41) is 11.4. The van der Waals surface area contributed by atoms with Crippen molar-refractivity contribution in [3.8, 4) is 0 Å². The van der Waals surface area contributed by atoms with Crippen molar-refractivity contribution in [3.63, 3.8) is 0 Å². The first-order valence-corrected chi connectivity index (χ1v) is 7.85. The van der Waals surface area contributed by atoms with Crippen LogP contribution in [0.25, 0.3) is 0 Å². The molecular formula is C17H16ClN3O5. The van der Waals surface area contributed by atoms with Gasteiger partial charge in [-0.2, -0.15) is 0 Å². The third-order valence-electron chi connectivity index (χ3n) is 3.55. The molecule has 0 spiro atoms. The van der Waals surface area contributed by atoms with Crippen molar-refractivity contribution in [1.29, 1.82) is 0 Å². The maximum Gasteiger partial charge on any atom is 0.341 e. The van der Waals surface area contributed by atoms with Gasteiger partial charge in [0.05, 0.1) is 10.5 Å². The number of ether oxygens (including phenoxy) is 1. The number of halogens is 1. The molecule has 2 aromatic carbocycles. The number of amides is 1. The Balaban J connectivity index is 1.96. The van der Waals surface area contributed by atoms with Crippen LogP contribution in [0.4, 0.5) is 11.4 Å². The van der Waals surface area contributed by atoms with Crippen LogP contribution in [0.5, 0.6) is 0 Å². The fourth-order valence-corrected chi connectivity index (χ4v) is 2.23. The highest BCUT2D eigenvalue weighted by Crippen LogP contribution is 2.20. The number of esters is 1. The monoisotopic (exact) mass is 377 g/mol. The minimum Gasteiger partial charge on any atom is -0.452 e. The Morgan fingerprint density at radius 3 is 2.50 bits per heavy atom. The molecule has 2 rings (SSSR count). The van der Waals surface area contributed by atoms with Gasteiger partial charge in [0.15, 0.2) is 6.61 Å². The molecule has 0 saturated carbocycles. The van der Waals surface area contributed by atoms with Gasteiger partial charge in [0.2, 0.25) is 0 Å². The lowest BCUT2D eigenvalue weighted by Crippen LogP contribution is -2.30. The lowest BCUT2D eigenvalue weighted by atomic mass is 10.1. The van der Waals surface area contributed by atoms with E-state index in [1.54, 1.807) is 31.3 Å². The number of carbonyl (C=O) groups is 2. The summed E-state index contributed by atoms with van der Waals surface area (Å²) in [6, 6.07) is 10.4. The molecule has 0 aliphatic carbocycles. The maximum atomic E-state index is 12.1. The lowest BCUT2D eigenvalue weighted by Gasteiger charge is -2.17. The normalized spacial score (nSPS) is 10.2. The summed E-state index contributed by atoms with van der Waals surface area (Å²) >= 11 is 5.81. The number of likely N-dealkylation sites (N-methyl/N-ethyl adjacent to an activating group) is 1. The molecule has 2 N–H and O–H groups in total. The molecule has 0 unspecified atom stereocenters. The number of rotatable bonds is 6. The molecule has 2 aromatic rings. The zero-order chi connectivity index (χ0) is 19.3. The molecule has 0 fully saturated rings. The van der Waals surface area contributed by atoms with Gasteiger partial charge in [0.25, 0.3) is 11.6 Å². The van der Waals surface area contributed by atoms with E-state index in [1.807, 2.05) is 0 Å². The van der Waals surface area contributed by atoms with Gasteiger partial charge in [-0.1, -0.05) is 23.7 Å². The number of non-ortho nitro benzene ring substituents is 1. The number of anilines is 1. The fraction of sp³-hybridized carbons (Fsp3) is 0.176. The SMILES string of the molecule is CN(Cc1ccc(Cl)cc1)C(=O)COC(=O)c1cc([N+](=O)[O-])ccc1N. The molecule has 0 radical (unpaired) electrons. The van der Waals surface area contributed by atoms with E-state index in [9.17, 15) is 19.7 Å². The standard InChI is InChI=1S/C17H16ClN3O5/c1-20(9-11-2-4-12(18)5-3-11)16(22)10-26-17(23)14-8-13(21(24)25)6-7-15(14)19/h2-8H,9-10,19H2,1H3. The number of nitro benzene ring substituents is 1. The predicted molar refractivity (Wildman–Crippen MR) is 95.7 cm³/mol. The molecule has 0 aliphatic heterocycles. The van der Waals surface area contributed by atoms with Gasteiger partial charge in [-0.3, -0.25) is 14.9 Å². The van der Waals surface area contributed by atoms with Gasteiger partial charge in [0.1, 0.15) is 0 Å². The summed E-state index contributed by atoms with van der Waals surface area (Å²) in [7, 11) is 1.56. The van der Waals surface area contributed by atoms with Crippen LogP contribution < -0.4 is 5.73 Å². The van der Waals surface area contributed by atoms with Crippen LogP contribution in [0.3, 0.4) is 0 Å². The second-order valence-corrected chi connectivity index (χ2v) is 5.92. The summed E-state index contributed by atoms with van der Waals surface area (Å²) in [5.41, 5.74) is 6.08. The van der Waals surface area contributed by atoms with Crippen LogP contribution in [0, 0.1) is 10.1 Å². The summed E-state index contributed by atoms with van der Waals surface area (Å²) < 4.78 is 4.93. The largest absolute Gasteiger partial charge is 0.452 e. The van der Waals surface area contributed by atoms with E-state index in [2.05, 4.69) is 0 Å². The smallest absolute Gasteiger partial charge is 0.341 e. The van der Waals surface area contributed by atoms with E-state index in [4.69, 9.17) is 22.1 Å². The summed E-state index contributed by atoms with van der Waals surface area (Å²) in [4.78, 5) is 35.7. The predicted octanol–water partition coefficient (Wildman–Crippen LogP) is 2.65. The average Bonchev–Trinajstić information content (AvgIpc) is 2.61. The van der Waals surface area contributed by atoms with Gasteiger partial charge < -0.3 is 15.4 Å². The van der Waals surface area contributed by atoms with Gasteiger partial charge in [0, 0.05) is 36.4 Å². The molecular weight excluding hydrogens is 362 g/mol. The van der Waals surface area contributed by atoms with Gasteiger partial charge in [-0.05, 0) is 23.8 Å². The first-order valence-electron chi connectivity index (χ1n) is 7.47. The highest BCUT2D eigenvalue weighted by molar-refractivity contribution is 6.30. The van der Waals surface area contributed by atoms with Gasteiger partial charge >= 0.3 is 5.97 Å². The van der Waals surface area contributed by atoms with E-state index in [0.29, 0.717) is 11.6 Å². The number of nitrogens with two attached hydrogens (primary N) is 1. The fourth-order valence-electron chi connectivity index (χ4n) is 2.10. The van der Waals surface area contributed by atoms with Crippen molar-refractivity contribution in [2.75, 3.05) is 19.4 Å². The molecule has 0 aromatic heterocycles. The minimum absolute atomic E-state index is 0.0302. The highest BCUT2D eigenvalue weighted by Gasteiger charge is 2.19. The van der Waals surface area contributed by atoms with Crippen molar-refractivity contribution in [1.82, 2.24) is 4.90 Å². The molecule has 0 heterocycles. The van der Waals surface area contributed by atoms with E-state index in [0.717, 1.165) is 11.6 Å². The lowest BCUT2D eigenvalue weighted by molar-refractivity contribution is -0.384.